The van der Waals surface area contributed by atoms with Gasteiger partial charge >= 0.3 is 0 Å². The van der Waals surface area contributed by atoms with E-state index in [-0.39, 0.29) is 5.91 Å². The second kappa shape index (κ2) is 4.60. The summed E-state index contributed by atoms with van der Waals surface area (Å²) in [6.45, 7) is 0.391. The molecule has 92 valence electrons. The molecule has 2 heterocycles. The van der Waals surface area contributed by atoms with Gasteiger partial charge in [-0.25, -0.2) is 9.97 Å². The Kier molecular flexibility index (Phi) is 2.80. The van der Waals surface area contributed by atoms with Crippen LogP contribution in [0, 0.1) is 0 Å². The van der Waals surface area contributed by atoms with Crippen molar-refractivity contribution in [1.82, 2.24) is 15.3 Å². The average Bonchev–Trinajstić information content (AvgIpc) is 3.11. The Hall–Kier alpha value is -2.17. The molecule has 0 bridgehead atoms. The van der Waals surface area contributed by atoms with E-state index in [9.17, 15) is 4.79 Å². The minimum absolute atomic E-state index is 0.230. The summed E-state index contributed by atoms with van der Waals surface area (Å²) in [6, 6.07) is 5.27. The van der Waals surface area contributed by atoms with E-state index < -0.39 is 0 Å². The molecule has 0 aliphatic heterocycles. The first-order chi connectivity index (χ1) is 8.83. The lowest BCUT2D eigenvalue weighted by Crippen LogP contribution is -2.22. The van der Waals surface area contributed by atoms with Gasteiger partial charge in [-0.2, -0.15) is 0 Å². The molecule has 5 nitrogen and oxygen atoms in total. The summed E-state index contributed by atoms with van der Waals surface area (Å²) in [6.07, 6.45) is 5.44. The number of hydrogen-bond donors (Lipinski definition) is 1. The lowest BCUT2D eigenvalue weighted by molar-refractivity contribution is 0.0922. The number of carbonyl (C=O) groups excluding carboxylic acids is 1. The molecule has 5 heteroatoms. The van der Waals surface area contributed by atoms with Crippen molar-refractivity contribution < 1.29 is 9.21 Å². The molecule has 18 heavy (non-hydrogen) atoms. The molecule has 2 aromatic rings. The predicted octanol–water partition coefficient (Wildman–Crippen LogP) is 1.88. The number of furan rings is 1. The summed E-state index contributed by atoms with van der Waals surface area (Å²) < 4.78 is 5.01. The Morgan fingerprint density at radius 1 is 1.44 bits per heavy atom. The quantitative estimate of drug-likeness (QED) is 0.890. The van der Waals surface area contributed by atoms with Gasteiger partial charge in [0.1, 0.15) is 6.33 Å². The first-order valence-corrected chi connectivity index (χ1v) is 5.95. The van der Waals surface area contributed by atoms with E-state index in [1.54, 1.807) is 18.5 Å². The Labute approximate surface area is 104 Å². The molecule has 0 radical (unpaired) electrons. The van der Waals surface area contributed by atoms with Crippen LogP contribution in [0.5, 0.6) is 0 Å². The Bertz CT molecular complexity index is 547. The second-order valence-electron chi connectivity index (χ2n) is 4.37. The molecule has 2 aromatic heterocycles. The largest absolute Gasteiger partial charge is 0.459 e. The van der Waals surface area contributed by atoms with Crippen molar-refractivity contribution in [3.63, 3.8) is 0 Å². The zero-order chi connectivity index (χ0) is 12.4. The van der Waals surface area contributed by atoms with E-state index >= 15 is 0 Å². The van der Waals surface area contributed by atoms with E-state index in [0.717, 1.165) is 11.4 Å². The fraction of sp³-hybridized carbons (Fsp3) is 0.308. The summed E-state index contributed by atoms with van der Waals surface area (Å²) in [5.41, 5.74) is 1.90. The van der Waals surface area contributed by atoms with E-state index in [1.165, 1.54) is 19.1 Å². The van der Waals surface area contributed by atoms with Crippen molar-refractivity contribution in [3.8, 4) is 0 Å². The molecule has 0 aromatic carbocycles. The number of amides is 1. The fourth-order valence-electron chi connectivity index (χ4n) is 1.78. The number of nitrogens with one attached hydrogen (secondary N) is 1. The van der Waals surface area contributed by atoms with Crippen LogP contribution >= 0.6 is 0 Å². The second-order valence-corrected chi connectivity index (χ2v) is 4.37. The fourth-order valence-corrected chi connectivity index (χ4v) is 1.78. The lowest BCUT2D eigenvalue weighted by Gasteiger charge is -2.04. The summed E-state index contributed by atoms with van der Waals surface area (Å²) in [5, 5.41) is 2.76. The maximum atomic E-state index is 11.7. The van der Waals surface area contributed by atoms with Gasteiger partial charge in [-0.1, -0.05) is 0 Å². The van der Waals surface area contributed by atoms with Gasteiger partial charge in [-0.05, 0) is 31.0 Å². The van der Waals surface area contributed by atoms with Crippen LogP contribution in [0.15, 0.2) is 35.2 Å². The Morgan fingerprint density at radius 3 is 3.06 bits per heavy atom. The number of nitrogens with zero attached hydrogens (tertiary/aromatic N) is 2. The molecule has 1 aliphatic carbocycles. The van der Waals surface area contributed by atoms with Gasteiger partial charge in [0.05, 0.1) is 18.5 Å². The highest BCUT2D eigenvalue weighted by Crippen LogP contribution is 2.38. The summed E-state index contributed by atoms with van der Waals surface area (Å²) in [7, 11) is 0. The molecular weight excluding hydrogens is 230 g/mol. The third-order valence-electron chi connectivity index (χ3n) is 2.92. The summed E-state index contributed by atoms with van der Waals surface area (Å²) >= 11 is 0. The van der Waals surface area contributed by atoms with Crippen LogP contribution in [0.1, 0.15) is 40.7 Å². The van der Waals surface area contributed by atoms with Gasteiger partial charge in [0.15, 0.2) is 5.76 Å². The van der Waals surface area contributed by atoms with Crippen LogP contribution in [-0.4, -0.2) is 15.9 Å². The van der Waals surface area contributed by atoms with E-state index in [4.69, 9.17) is 4.42 Å². The highest BCUT2D eigenvalue weighted by Gasteiger charge is 2.25. The Morgan fingerprint density at radius 2 is 2.33 bits per heavy atom. The highest BCUT2D eigenvalue weighted by molar-refractivity contribution is 5.91. The molecule has 1 amide bonds. The van der Waals surface area contributed by atoms with Crippen LogP contribution in [0.2, 0.25) is 0 Å². The van der Waals surface area contributed by atoms with Crippen LogP contribution in [0.4, 0.5) is 0 Å². The number of aromatic nitrogens is 2. The zero-order valence-corrected chi connectivity index (χ0v) is 9.80. The molecule has 0 spiro atoms. The minimum atomic E-state index is -0.230. The van der Waals surface area contributed by atoms with E-state index in [0.29, 0.717) is 18.2 Å². The third-order valence-corrected chi connectivity index (χ3v) is 2.92. The smallest absolute Gasteiger partial charge is 0.287 e. The molecule has 0 saturated heterocycles. The van der Waals surface area contributed by atoms with Gasteiger partial charge in [-0.3, -0.25) is 4.79 Å². The SMILES string of the molecule is O=C(NCc1cc(C2CC2)ncn1)c1ccco1. The standard InChI is InChI=1S/C13H13N3O2/c17-13(12-2-1-5-18-12)14-7-10-6-11(9-3-4-9)16-8-15-10/h1-2,5-6,8-9H,3-4,7H2,(H,14,17). The molecule has 3 rings (SSSR count). The first-order valence-electron chi connectivity index (χ1n) is 5.95. The molecule has 1 aliphatic rings. The van der Waals surface area contributed by atoms with Crippen molar-refractivity contribution in [2.45, 2.75) is 25.3 Å². The molecule has 0 unspecified atom stereocenters. The van der Waals surface area contributed by atoms with Gasteiger partial charge in [0.2, 0.25) is 0 Å². The summed E-state index contributed by atoms with van der Waals surface area (Å²) in [5.74, 6) is 0.672. The number of rotatable bonds is 4. The number of carbonyl (C=O) groups is 1. The first kappa shape index (κ1) is 11.0. The Balaban J connectivity index is 1.62. The maximum absolute atomic E-state index is 11.7. The van der Waals surface area contributed by atoms with Crippen molar-refractivity contribution in [1.29, 1.82) is 0 Å². The van der Waals surface area contributed by atoms with Crippen molar-refractivity contribution in [2.24, 2.45) is 0 Å². The molecule has 1 N–H and O–H groups in total. The minimum Gasteiger partial charge on any atom is -0.459 e. The average molecular weight is 243 g/mol. The van der Waals surface area contributed by atoms with Crippen molar-refractivity contribution in [3.05, 3.63) is 47.9 Å². The van der Waals surface area contributed by atoms with Crippen molar-refractivity contribution >= 4 is 5.91 Å². The van der Waals surface area contributed by atoms with E-state index in [2.05, 4.69) is 15.3 Å². The van der Waals surface area contributed by atoms with Crippen LogP contribution in [0.3, 0.4) is 0 Å². The molecule has 1 fully saturated rings. The normalized spacial score (nSPS) is 14.4. The van der Waals surface area contributed by atoms with Crippen LogP contribution in [0.25, 0.3) is 0 Å². The lowest BCUT2D eigenvalue weighted by atomic mass is 10.2. The monoisotopic (exact) mass is 243 g/mol. The summed E-state index contributed by atoms with van der Waals surface area (Å²) in [4.78, 5) is 20.0. The van der Waals surface area contributed by atoms with Crippen LogP contribution < -0.4 is 5.32 Å². The maximum Gasteiger partial charge on any atom is 0.287 e. The van der Waals surface area contributed by atoms with E-state index in [1.807, 2.05) is 6.07 Å². The van der Waals surface area contributed by atoms with Gasteiger partial charge in [-0.15, -0.1) is 0 Å². The third kappa shape index (κ3) is 2.40. The predicted molar refractivity (Wildman–Crippen MR) is 63.9 cm³/mol. The zero-order valence-electron chi connectivity index (χ0n) is 9.80. The topological polar surface area (TPSA) is 68.0 Å². The van der Waals surface area contributed by atoms with Gasteiger partial charge < -0.3 is 9.73 Å². The van der Waals surface area contributed by atoms with Crippen molar-refractivity contribution in [2.75, 3.05) is 0 Å². The molecular formula is C13H13N3O2. The molecule has 1 saturated carbocycles. The molecule has 0 atom stereocenters. The van der Waals surface area contributed by atoms with Crippen LogP contribution in [-0.2, 0) is 6.54 Å². The van der Waals surface area contributed by atoms with Gasteiger partial charge in [0, 0.05) is 11.6 Å². The van der Waals surface area contributed by atoms with Gasteiger partial charge in [0.25, 0.3) is 5.91 Å². The number of hydrogen-bond acceptors (Lipinski definition) is 4. The highest BCUT2D eigenvalue weighted by atomic mass is 16.3.